The molecule has 0 spiro atoms. The Morgan fingerprint density at radius 2 is 2.46 bits per heavy atom. The van der Waals surface area contributed by atoms with Crippen LogP contribution in [0, 0.1) is 11.8 Å². The van der Waals surface area contributed by atoms with Crippen molar-refractivity contribution < 1.29 is 0 Å². The average molecular weight is 196 g/mol. The van der Waals surface area contributed by atoms with Crippen molar-refractivity contribution in [3.63, 3.8) is 0 Å². The minimum Gasteiger partial charge on any atom is -0.323 e. The van der Waals surface area contributed by atoms with Gasteiger partial charge >= 0.3 is 0 Å². The first kappa shape index (κ1) is 9.16. The molecule has 2 nitrogen and oxygen atoms in total. The third-order valence-corrected chi connectivity index (χ3v) is 3.90. The lowest BCUT2D eigenvalue weighted by Crippen LogP contribution is -2.18. The second-order valence-corrected chi connectivity index (χ2v) is 5.03. The molecular formula is C10H16N2S. The zero-order valence-electron chi connectivity index (χ0n) is 7.94. The van der Waals surface area contributed by atoms with E-state index < -0.39 is 0 Å². The van der Waals surface area contributed by atoms with E-state index in [1.165, 1.54) is 24.1 Å². The van der Waals surface area contributed by atoms with E-state index in [0.29, 0.717) is 5.92 Å². The normalized spacial score (nSPS) is 30.6. The monoisotopic (exact) mass is 196 g/mol. The van der Waals surface area contributed by atoms with Gasteiger partial charge in [0.05, 0.1) is 5.51 Å². The van der Waals surface area contributed by atoms with E-state index in [9.17, 15) is 0 Å². The lowest BCUT2D eigenvalue weighted by Gasteiger charge is -2.16. The Bertz CT molecular complexity index is 258. The Morgan fingerprint density at radius 1 is 1.62 bits per heavy atom. The number of rotatable bonds is 2. The van der Waals surface area contributed by atoms with Gasteiger partial charge in [0, 0.05) is 17.1 Å². The molecule has 3 unspecified atom stereocenters. The third-order valence-electron chi connectivity index (χ3n) is 3.02. The van der Waals surface area contributed by atoms with E-state index in [2.05, 4.69) is 11.9 Å². The second-order valence-electron chi connectivity index (χ2n) is 4.11. The molecule has 1 heterocycles. The quantitative estimate of drug-likeness (QED) is 0.789. The van der Waals surface area contributed by atoms with Crippen LogP contribution in [-0.4, -0.2) is 4.98 Å². The molecule has 2 N–H and O–H groups in total. The van der Waals surface area contributed by atoms with Crippen molar-refractivity contribution in [1.29, 1.82) is 0 Å². The summed E-state index contributed by atoms with van der Waals surface area (Å²) in [6, 6.07) is 0.234. The highest BCUT2D eigenvalue weighted by Crippen LogP contribution is 2.38. The number of aromatic nitrogens is 1. The second kappa shape index (κ2) is 3.76. The van der Waals surface area contributed by atoms with E-state index in [4.69, 9.17) is 5.73 Å². The topological polar surface area (TPSA) is 38.9 Å². The molecule has 0 saturated heterocycles. The summed E-state index contributed by atoms with van der Waals surface area (Å²) in [6.45, 7) is 2.32. The number of nitrogens with two attached hydrogens (primary N) is 1. The van der Waals surface area contributed by atoms with Crippen LogP contribution in [0.2, 0.25) is 0 Å². The van der Waals surface area contributed by atoms with Crippen LogP contribution in [0.4, 0.5) is 0 Å². The largest absolute Gasteiger partial charge is 0.323 e. The summed E-state index contributed by atoms with van der Waals surface area (Å²) in [4.78, 5) is 5.32. The van der Waals surface area contributed by atoms with Gasteiger partial charge in [-0.25, -0.2) is 0 Å². The van der Waals surface area contributed by atoms with E-state index >= 15 is 0 Å². The predicted molar refractivity (Wildman–Crippen MR) is 55.5 cm³/mol. The van der Waals surface area contributed by atoms with Crippen LogP contribution in [0.15, 0.2) is 11.7 Å². The van der Waals surface area contributed by atoms with E-state index in [-0.39, 0.29) is 6.04 Å². The summed E-state index contributed by atoms with van der Waals surface area (Å²) in [6.07, 6.45) is 5.84. The average Bonchev–Trinajstić information content (AvgIpc) is 2.72. The highest BCUT2D eigenvalue weighted by Gasteiger charge is 2.27. The molecule has 72 valence electrons. The summed E-state index contributed by atoms with van der Waals surface area (Å²) in [7, 11) is 0. The number of hydrogen-bond donors (Lipinski definition) is 1. The van der Waals surface area contributed by atoms with E-state index in [0.717, 1.165) is 5.92 Å². The Labute approximate surface area is 83.2 Å². The van der Waals surface area contributed by atoms with Gasteiger partial charge in [-0.3, -0.25) is 4.98 Å². The zero-order valence-corrected chi connectivity index (χ0v) is 8.76. The molecule has 0 radical (unpaired) electrons. The van der Waals surface area contributed by atoms with Gasteiger partial charge < -0.3 is 5.73 Å². The molecule has 1 saturated carbocycles. The predicted octanol–water partition coefficient (Wildman–Crippen LogP) is 2.58. The molecule has 1 fully saturated rings. The third kappa shape index (κ3) is 1.92. The Morgan fingerprint density at radius 3 is 3.00 bits per heavy atom. The lowest BCUT2D eigenvalue weighted by molar-refractivity contribution is 0.433. The maximum Gasteiger partial charge on any atom is 0.0794 e. The molecule has 0 aliphatic heterocycles. The Balaban J connectivity index is 2.02. The first-order valence-electron chi connectivity index (χ1n) is 4.91. The van der Waals surface area contributed by atoms with Gasteiger partial charge in [-0.15, -0.1) is 11.3 Å². The van der Waals surface area contributed by atoms with Crippen LogP contribution in [0.3, 0.4) is 0 Å². The van der Waals surface area contributed by atoms with Gasteiger partial charge in [-0.05, 0) is 24.7 Å². The van der Waals surface area contributed by atoms with Crippen molar-refractivity contribution in [2.45, 2.75) is 32.2 Å². The highest BCUT2D eigenvalue weighted by atomic mass is 32.1. The first-order valence-corrected chi connectivity index (χ1v) is 5.79. The molecule has 0 amide bonds. The van der Waals surface area contributed by atoms with Crippen molar-refractivity contribution in [3.05, 3.63) is 16.6 Å². The highest BCUT2D eigenvalue weighted by molar-refractivity contribution is 7.09. The number of nitrogens with zero attached hydrogens (tertiary/aromatic N) is 1. The molecule has 1 aromatic rings. The number of hydrogen-bond acceptors (Lipinski definition) is 3. The van der Waals surface area contributed by atoms with Crippen LogP contribution in [-0.2, 0) is 0 Å². The van der Waals surface area contributed by atoms with Crippen molar-refractivity contribution in [2.75, 3.05) is 0 Å². The van der Waals surface area contributed by atoms with Crippen molar-refractivity contribution in [3.8, 4) is 0 Å². The minimum atomic E-state index is 0.234. The molecule has 2 rings (SSSR count). The first-order chi connectivity index (χ1) is 6.27. The SMILES string of the molecule is CC1CCC(C(N)c2cncs2)C1. The fourth-order valence-electron chi connectivity index (χ4n) is 2.20. The van der Waals surface area contributed by atoms with Gasteiger partial charge in [0.1, 0.15) is 0 Å². The van der Waals surface area contributed by atoms with Gasteiger partial charge in [0.2, 0.25) is 0 Å². The van der Waals surface area contributed by atoms with Crippen LogP contribution in [0.1, 0.15) is 37.1 Å². The fraction of sp³-hybridized carbons (Fsp3) is 0.700. The fourth-order valence-corrected chi connectivity index (χ4v) is 2.91. The summed E-state index contributed by atoms with van der Waals surface area (Å²) in [5.41, 5.74) is 8.05. The van der Waals surface area contributed by atoms with Gasteiger partial charge in [-0.1, -0.05) is 13.3 Å². The zero-order chi connectivity index (χ0) is 9.26. The smallest absolute Gasteiger partial charge is 0.0794 e. The van der Waals surface area contributed by atoms with Gasteiger partial charge in [0.15, 0.2) is 0 Å². The van der Waals surface area contributed by atoms with Gasteiger partial charge in [-0.2, -0.15) is 0 Å². The van der Waals surface area contributed by atoms with Crippen LogP contribution in [0.25, 0.3) is 0 Å². The molecular weight excluding hydrogens is 180 g/mol. The number of thiazole rings is 1. The molecule has 1 aliphatic rings. The maximum atomic E-state index is 6.18. The summed E-state index contributed by atoms with van der Waals surface area (Å²) in [5, 5.41) is 0. The molecule has 3 atom stereocenters. The van der Waals surface area contributed by atoms with Gasteiger partial charge in [0.25, 0.3) is 0 Å². The van der Waals surface area contributed by atoms with Crippen LogP contribution >= 0.6 is 11.3 Å². The van der Waals surface area contributed by atoms with Crippen LogP contribution in [0.5, 0.6) is 0 Å². The minimum absolute atomic E-state index is 0.234. The van der Waals surface area contributed by atoms with Crippen molar-refractivity contribution in [1.82, 2.24) is 4.98 Å². The van der Waals surface area contributed by atoms with Crippen molar-refractivity contribution in [2.24, 2.45) is 17.6 Å². The summed E-state index contributed by atoms with van der Waals surface area (Å²) in [5.74, 6) is 1.56. The molecule has 1 aliphatic carbocycles. The molecule has 0 aromatic carbocycles. The van der Waals surface area contributed by atoms with E-state index in [1.54, 1.807) is 11.3 Å². The molecule has 0 bridgehead atoms. The Kier molecular flexibility index (Phi) is 2.65. The standard InChI is InChI=1S/C10H16N2S/c1-7-2-3-8(4-7)10(11)9-5-12-6-13-9/h5-8,10H,2-4,11H2,1H3. The maximum absolute atomic E-state index is 6.18. The Hall–Kier alpha value is -0.410. The molecule has 3 heteroatoms. The van der Waals surface area contributed by atoms with Crippen molar-refractivity contribution >= 4 is 11.3 Å². The molecule has 13 heavy (non-hydrogen) atoms. The lowest BCUT2D eigenvalue weighted by atomic mass is 9.97. The summed E-state index contributed by atoms with van der Waals surface area (Å²) >= 11 is 1.68. The summed E-state index contributed by atoms with van der Waals surface area (Å²) < 4.78 is 0. The van der Waals surface area contributed by atoms with E-state index in [1.807, 2.05) is 11.7 Å². The molecule has 1 aromatic heterocycles. The van der Waals surface area contributed by atoms with Crippen LogP contribution < -0.4 is 5.73 Å².